The molecule has 0 radical (unpaired) electrons. The van der Waals surface area contributed by atoms with Crippen LogP contribution in [-0.4, -0.2) is 28.3 Å². The molecule has 66 valence electrons. The fourth-order valence-corrected chi connectivity index (χ4v) is 1.36. The minimum absolute atomic E-state index is 0.273. The normalized spacial score (nSPS) is 10.5. The van der Waals surface area contributed by atoms with E-state index >= 15 is 0 Å². The molecule has 0 aromatic heterocycles. The lowest BCUT2D eigenvalue weighted by atomic mass is 10.3. The molecule has 0 N–H and O–H groups in total. The Labute approximate surface area is 82.5 Å². The standard InChI is InChI=1S/C8H16INO/c1-3-10(4-2)7-5-6-8(9)11/h3-7H2,1-2H3. The van der Waals surface area contributed by atoms with Gasteiger partial charge in [-0.15, -0.1) is 0 Å². The Kier molecular flexibility index (Phi) is 7.26. The molecule has 0 aliphatic heterocycles. The van der Waals surface area contributed by atoms with Crippen LogP contribution in [-0.2, 0) is 4.79 Å². The second-order valence-electron chi connectivity index (χ2n) is 2.49. The molecule has 0 spiro atoms. The highest BCUT2D eigenvalue weighted by molar-refractivity contribution is 14.1. The second-order valence-corrected chi connectivity index (χ2v) is 3.69. The van der Waals surface area contributed by atoms with E-state index in [1.807, 2.05) is 22.6 Å². The number of carbonyl (C=O) groups excluding carboxylic acids is 1. The van der Waals surface area contributed by atoms with Crippen LogP contribution in [0.25, 0.3) is 0 Å². The van der Waals surface area contributed by atoms with Crippen molar-refractivity contribution in [2.45, 2.75) is 26.7 Å². The Morgan fingerprint density at radius 2 is 1.91 bits per heavy atom. The molecule has 3 heteroatoms. The molecule has 0 aliphatic rings. The van der Waals surface area contributed by atoms with Gasteiger partial charge in [0, 0.05) is 6.42 Å². The van der Waals surface area contributed by atoms with E-state index in [1.165, 1.54) is 0 Å². The second kappa shape index (κ2) is 7.03. The Morgan fingerprint density at radius 1 is 1.36 bits per heavy atom. The van der Waals surface area contributed by atoms with Crippen LogP contribution in [0.1, 0.15) is 26.7 Å². The molecule has 0 amide bonds. The van der Waals surface area contributed by atoms with E-state index in [1.54, 1.807) is 0 Å². The van der Waals surface area contributed by atoms with Gasteiger partial charge in [-0.2, -0.15) is 0 Å². The van der Waals surface area contributed by atoms with Gasteiger partial charge in [-0.1, -0.05) is 13.8 Å². The van der Waals surface area contributed by atoms with Crippen LogP contribution >= 0.6 is 22.6 Å². The molecular weight excluding hydrogens is 253 g/mol. The minimum Gasteiger partial charge on any atom is -0.304 e. The highest BCUT2D eigenvalue weighted by Gasteiger charge is 1.99. The number of hydrogen-bond acceptors (Lipinski definition) is 2. The SMILES string of the molecule is CCN(CC)CCCC(=O)I. The first kappa shape index (κ1) is 11.4. The Balaban J connectivity index is 3.28. The molecule has 0 bridgehead atoms. The Morgan fingerprint density at radius 3 is 2.27 bits per heavy atom. The van der Waals surface area contributed by atoms with E-state index in [4.69, 9.17) is 0 Å². The molecule has 2 nitrogen and oxygen atoms in total. The summed E-state index contributed by atoms with van der Waals surface area (Å²) in [4.78, 5) is 12.9. The van der Waals surface area contributed by atoms with Gasteiger partial charge in [0.25, 0.3) is 0 Å². The zero-order valence-corrected chi connectivity index (χ0v) is 9.43. The topological polar surface area (TPSA) is 20.3 Å². The number of rotatable bonds is 6. The third-order valence-electron chi connectivity index (χ3n) is 1.74. The number of carbonyl (C=O) groups is 1. The van der Waals surface area contributed by atoms with Crippen molar-refractivity contribution >= 4 is 26.4 Å². The summed E-state index contributed by atoms with van der Waals surface area (Å²) in [6.07, 6.45) is 1.72. The van der Waals surface area contributed by atoms with Crippen LogP contribution in [0, 0.1) is 0 Å². The quantitative estimate of drug-likeness (QED) is 0.543. The van der Waals surface area contributed by atoms with E-state index < -0.39 is 0 Å². The van der Waals surface area contributed by atoms with Gasteiger partial charge in [-0.3, -0.25) is 4.79 Å². The van der Waals surface area contributed by atoms with Gasteiger partial charge in [0.05, 0.1) is 0 Å². The molecule has 0 atom stereocenters. The third kappa shape index (κ3) is 6.75. The smallest absolute Gasteiger partial charge is 0.192 e. The van der Waals surface area contributed by atoms with E-state index in [9.17, 15) is 4.79 Å². The fraction of sp³-hybridized carbons (Fsp3) is 0.875. The summed E-state index contributed by atoms with van der Waals surface area (Å²) in [5.41, 5.74) is 0. The van der Waals surface area contributed by atoms with Crippen LogP contribution in [0.2, 0.25) is 0 Å². The van der Waals surface area contributed by atoms with Crippen LogP contribution in [0.4, 0.5) is 0 Å². The molecule has 0 saturated heterocycles. The van der Waals surface area contributed by atoms with Crippen molar-refractivity contribution in [3.05, 3.63) is 0 Å². The van der Waals surface area contributed by atoms with Crippen molar-refractivity contribution in [2.75, 3.05) is 19.6 Å². The Hall–Kier alpha value is 0.360. The highest BCUT2D eigenvalue weighted by atomic mass is 127. The zero-order valence-electron chi connectivity index (χ0n) is 7.27. The molecule has 0 aliphatic carbocycles. The lowest BCUT2D eigenvalue weighted by Crippen LogP contribution is -2.24. The highest BCUT2D eigenvalue weighted by Crippen LogP contribution is 1.99. The molecule has 0 saturated carbocycles. The van der Waals surface area contributed by atoms with Crippen LogP contribution in [0.5, 0.6) is 0 Å². The van der Waals surface area contributed by atoms with E-state index in [0.717, 1.165) is 32.5 Å². The molecule has 0 rings (SSSR count). The van der Waals surface area contributed by atoms with Gasteiger partial charge in [0.15, 0.2) is 3.79 Å². The molecule has 0 fully saturated rings. The van der Waals surface area contributed by atoms with E-state index in [2.05, 4.69) is 18.7 Å². The monoisotopic (exact) mass is 269 g/mol. The lowest BCUT2D eigenvalue weighted by Gasteiger charge is -2.16. The first-order valence-electron chi connectivity index (χ1n) is 4.11. The summed E-state index contributed by atoms with van der Waals surface area (Å²) in [5.74, 6) is 0. The molecule has 11 heavy (non-hydrogen) atoms. The van der Waals surface area contributed by atoms with Gasteiger partial charge in [-0.25, -0.2) is 0 Å². The predicted octanol–water partition coefficient (Wildman–Crippen LogP) is 2.07. The Bertz CT molecular complexity index is 113. The van der Waals surface area contributed by atoms with Crippen molar-refractivity contribution in [3.63, 3.8) is 0 Å². The summed E-state index contributed by atoms with van der Waals surface area (Å²) in [6.45, 7) is 7.53. The molecule has 0 unspecified atom stereocenters. The predicted molar refractivity (Wildman–Crippen MR) is 56.0 cm³/mol. The van der Waals surface area contributed by atoms with Gasteiger partial charge in [-0.05, 0) is 48.6 Å². The summed E-state index contributed by atoms with van der Waals surface area (Å²) in [5, 5.41) is 0. The van der Waals surface area contributed by atoms with Gasteiger partial charge >= 0.3 is 0 Å². The van der Waals surface area contributed by atoms with Crippen molar-refractivity contribution in [1.82, 2.24) is 4.90 Å². The maximum absolute atomic E-state index is 10.6. The van der Waals surface area contributed by atoms with Crippen LogP contribution in [0.15, 0.2) is 0 Å². The van der Waals surface area contributed by atoms with Crippen molar-refractivity contribution in [3.8, 4) is 0 Å². The van der Waals surface area contributed by atoms with Gasteiger partial charge < -0.3 is 4.90 Å². The fourth-order valence-electron chi connectivity index (χ4n) is 0.981. The van der Waals surface area contributed by atoms with E-state index in [-0.39, 0.29) is 3.79 Å². The van der Waals surface area contributed by atoms with Crippen LogP contribution < -0.4 is 0 Å². The van der Waals surface area contributed by atoms with E-state index in [0.29, 0.717) is 0 Å². The molecule has 0 aromatic carbocycles. The maximum Gasteiger partial charge on any atom is 0.192 e. The summed E-state index contributed by atoms with van der Waals surface area (Å²) < 4.78 is 0.273. The molecule has 0 heterocycles. The first-order valence-corrected chi connectivity index (χ1v) is 5.19. The first-order chi connectivity index (χ1) is 5.20. The van der Waals surface area contributed by atoms with Crippen molar-refractivity contribution in [2.24, 2.45) is 0 Å². The van der Waals surface area contributed by atoms with Crippen molar-refractivity contribution in [1.29, 1.82) is 0 Å². The lowest BCUT2D eigenvalue weighted by molar-refractivity contribution is -0.109. The van der Waals surface area contributed by atoms with Crippen LogP contribution in [0.3, 0.4) is 0 Å². The van der Waals surface area contributed by atoms with Gasteiger partial charge in [0.1, 0.15) is 0 Å². The third-order valence-corrected chi connectivity index (χ3v) is 2.28. The minimum atomic E-state index is 0.273. The zero-order chi connectivity index (χ0) is 8.69. The number of nitrogens with zero attached hydrogens (tertiary/aromatic N) is 1. The number of halogens is 1. The summed E-state index contributed by atoms with van der Waals surface area (Å²) >= 11 is 1.86. The van der Waals surface area contributed by atoms with Gasteiger partial charge in [0.2, 0.25) is 0 Å². The average molecular weight is 269 g/mol. The summed E-state index contributed by atoms with van der Waals surface area (Å²) in [6, 6.07) is 0. The average Bonchev–Trinajstić information content (AvgIpc) is 1.98. The van der Waals surface area contributed by atoms with Crippen molar-refractivity contribution < 1.29 is 4.79 Å². The molecule has 0 aromatic rings. The number of hydrogen-bond donors (Lipinski definition) is 0. The molecular formula is C8H16INO. The summed E-state index contributed by atoms with van der Waals surface area (Å²) in [7, 11) is 0. The maximum atomic E-state index is 10.6. The largest absolute Gasteiger partial charge is 0.304 e.